The lowest BCUT2D eigenvalue weighted by atomic mass is 10.1. The van der Waals surface area contributed by atoms with Crippen LogP contribution in [0.5, 0.6) is 5.75 Å². The molecule has 0 radical (unpaired) electrons. The number of nitrogens with zero attached hydrogens (tertiary/aromatic N) is 3. The molecule has 1 amide bonds. The van der Waals surface area contributed by atoms with Gasteiger partial charge >= 0.3 is 0 Å². The number of hydrogen-bond donors (Lipinski definition) is 1. The van der Waals surface area contributed by atoms with Crippen molar-refractivity contribution in [1.82, 2.24) is 14.6 Å². The predicted molar refractivity (Wildman–Crippen MR) is 120 cm³/mol. The van der Waals surface area contributed by atoms with Crippen molar-refractivity contribution >= 4 is 29.0 Å². The molecule has 4 rings (SSSR count). The third-order valence-corrected chi connectivity index (χ3v) is 5.62. The Kier molecular flexibility index (Phi) is 5.72. The van der Waals surface area contributed by atoms with Crippen LogP contribution >= 0.6 is 11.8 Å². The number of imidazole rings is 1. The van der Waals surface area contributed by atoms with Gasteiger partial charge in [0, 0.05) is 11.3 Å². The lowest BCUT2D eigenvalue weighted by Crippen LogP contribution is -2.15. The number of anilines is 1. The van der Waals surface area contributed by atoms with Crippen molar-refractivity contribution < 1.29 is 9.53 Å². The highest BCUT2D eigenvalue weighted by Crippen LogP contribution is 2.23. The number of carbonyl (C=O) groups is 1. The van der Waals surface area contributed by atoms with E-state index in [1.54, 1.807) is 11.6 Å². The van der Waals surface area contributed by atoms with Crippen LogP contribution in [0.2, 0.25) is 0 Å². The molecule has 7 heteroatoms. The molecular formula is C23H22N4O2S. The number of nitrogens with one attached hydrogen (secondary N) is 1. The third-order valence-electron chi connectivity index (χ3n) is 4.70. The van der Waals surface area contributed by atoms with Crippen molar-refractivity contribution in [2.45, 2.75) is 18.9 Å². The summed E-state index contributed by atoms with van der Waals surface area (Å²) in [6, 6.07) is 17.6. The molecule has 0 spiro atoms. The molecule has 0 aliphatic rings. The molecular weight excluding hydrogens is 396 g/mol. The van der Waals surface area contributed by atoms with Gasteiger partial charge in [-0.3, -0.25) is 4.79 Å². The Hall–Kier alpha value is -3.32. The molecule has 4 aromatic rings. The van der Waals surface area contributed by atoms with Crippen LogP contribution in [0, 0.1) is 13.8 Å². The molecule has 1 N–H and O–H groups in total. The standard InChI is InChI=1S/C23H22N4O2S/c1-15-4-5-16(2)19(12-15)25-22(28)14-30-23-11-10-21-24-20(13-27(21)26-23)17-6-8-18(29-3)9-7-17/h4-13H,14H2,1-3H3,(H,25,28). The number of carbonyl (C=O) groups excluding carboxylic acids is 1. The Balaban J connectivity index is 1.44. The van der Waals surface area contributed by atoms with Gasteiger partial charge in [-0.05, 0) is 67.4 Å². The lowest BCUT2D eigenvalue weighted by molar-refractivity contribution is -0.113. The van der Waals surface area contributed by atoms with Gasteiger partial charge in [0.15, 0.2) is 5.65 Å². The average molecular weight is 419 g/mol. The average Bonchev–Trinajstić information content (AvgIpc) is 3.18. The van der Waals surface area contributed by atoms with Gasteiger partial charge in [0.25, 0.3) is 0 Å². The summed E-state index contributed by atoms with van der Waals surface area (Å²) in [4.78, 5) is 17.0. The smallest absolute Gasteiger partial charge is 0.234 e. The molecule has 0 unspecified atom stereocenters. The van der Waals surface area contributed by atoms with Crippen molar-refractivity contribution in [1.29, 1.82) is 0 Å². The summed E-state index contributed by atoms with van der Waals surface area (Å²) in [5, 5.41) is 8.32. The minimum atomic E-state index is -0.0554. The van der Waals surface area contributed by atoms with Gasteiger partial charge in [-0.15, -0.1) is 0 Å². The molecule has 2 aromatic heterocycles. The van der Waals surface area contributed by atoms with E-state index in [0.717, 1.165) is 44.5 Å². The molecule has 0 saturated heterocycles. The van der Waals surface area contributed by atoms with Crippen LogP contribution in [0.3, 0.4) is 0 Å². The van der Waals surface area contributed by atoms with E-state index in [-0.39, 0.29) is 11.7 Å². The summed E-state index contributed by atoms with van der Waals surface area (Å²) in [5.74, 6) is 1.03. The van der Waals surface area contributed by atoms with E-state index in [4.69, 9.17) is 4.74 Å². The maximum atomic E-state index is 12.4. The molecule has 2 aromatic carbocycles. The van der Waals surface area contributed by atoms with E-state index in [9.17, 15) is 4.79 Å². The number of aromatic nitrogens is 3. The number of thioether (sulfide) groups is 1. The van der Waals surface area contributed by atoms with Crippen LogP contribution in [-0.2, 0) is 4.79 Å². The molecule has 6 nitrogen and oxygen atoms in total. The van der Waals surface area contributed by atoms with Crippen LogP contribution in [0.25, 0.3) is 16.9 Å². The Morgan fingerprint density at radius 3 is 2.67 bits per heavy atom. The van der Waals surface area contributed by atoms with E-state index in [1.807, 2.05) is 74.6 Å². The van der Waals surface area contributed by atoms with Crippen LogP contribution in [0.1, 0.15) is 11.1 Å². The van der Waals surface area contributed by atoms with E-state index < -0.39 is 0 Å². The van der Waals surface area contributed by atoms with Crippen molar-refractivity contribution in [3.63, 3.8) is 0 Å². The van der Waals surface area contributed by atoms with Gasteiger partial charge in [-0.25, -0.2) is 9.50 Å². The normalized spacial score (nSPS) is 10.9. The molecule has 152 valence electrons. The fourth-order valence-electron chi connectivity index (χ4n) is 3.04. The quantitative estimate of drug-likeness (QED) is 0.458. The molecule has 0 aliphatic carbocycles. The number of hydrogen-bond acceptors (Lipinski definition) is 5. The largest absolute Gasteiger partial charge is 0.497 e. The summed E-state index contributed by atoms with van der Waals surface area (Å²) >= 11 is 1.39. The van der Waals surface area contributed by atoms with Crippen LogP contribution in [0.4, 0.5) is 5.69 Å². The Morgan fingerprint density at radius 2 is 1.90 bits per heavy atom. The minimum Gasteiger partial charge on any atom is -0.497 e. The second-order valence-electron chi connectivity index (χ2n) is 6.98. The fraction of sp³-hybridized carbons (Fsp3) is 0.174. The predicted octanol–water partition coefficient (Wildman–Crippen LogP) is 4.75. The highest BCUT2D eigenvalue weighted by atomic mass is 32.2. The molecule has 30 heavy (non-hydrogen) atoms. The van der Waals surface area contributed by atoms with Gasteiger partial charge < -0.3 is 10.1 Å². The summed E-state index contributed by atoms with van der Waals surface area (Å²) < 4.78 is 6.94. The maximum absolute atomic E-state index is 12.4. The number of benzene rings is 2. The zero-order valence-corrected chi connectivity index (χ0v) is 17.9. The molecule has 0 aliphatic heterocycles. The van der Waals surface area contributed by atoms with E-state index in [0.29, 0.717) is 0 Å². The lowest BCUT2D eigenvalue weighted by Gasteiger charge is -2.09. The Labute approximate surface area is 179 Å². The van der Waals surface area contributed by atoms with E-state index in [1.165, 1.54) is 11.8 Å². The monoisotopic (exact) mass is 418 g/mol. The first kappa shape index (κ1) is 20.0. The minimum absolute atomic E-state index is 0.0554. The highest BCUT2D eigenvalue weighted by molar-refractivity contribution is 7.99. The van der Waals surface area contributed by atoms with Crippen molar-refractivity contribution in [3.05, 3.63) is 71.9 Å². The molecule has 0 atom stereocenters. The number of rotatable bonds is 6. The highest BCUT2D eigenvalue weighted by Gasteiger charge is 2.09. The zero-order chi connectivity index (χ0) is 21.1. The number of aryl methyl sites for hydroxylation is 2. The first-order valence-corrected chi connectivity index (χ1v) is 10.5. The van der Waals surface area contributed by atoms with Gasteiger partial charge in [-0.1, -0.05) is 23.9 Å². The summed E-state index contributed by atoms with van der Waals surface area (Å²) in [7, 11) is 1.64. The van der Waals surface area contributed by atoms with Gasteiger partial charge in [0.2, 0.25) is 5.91 Å². The topological polar surface area (TPSA) is 68.5 Å². The Bertz CT molecular complexity index is 1200. The van der Waals surface area contributed by atoms with E-state index in [2.05, 4.69) is 15.4 Å². The molecule has 0 fully saturated rings. The zero-order valence-electron chi connectivity index (χ0n) is 17.0. The van der Waals surface area contributed by atoms with Gasteiger partial charge in [-0.2, -0.15) is 5.10 Å². The van der Waals surface area contributed by atoms with Crippen LogP contribution in [-0.4, -0.2) is 33.4 Å². The van der Waals surface area contributed by atoms with Crippen LogP contribution < -0.4 is 10.1 Å². The molecule has 0 bridgehead atoms. The summed E-state index contributed by atoms with van der Waals surface area (Å²) in [6.07, 6.45) is 1.89. The summed E-state index contributed by atoms with van der Waals surface area (Å²) in [6.45, 7) is 3.99. The number of amides is 1. The molecule has 2 heterocycles. The van der Waals surface area contributed by atoms with E-state index >= 15 is 0 Å². The first-order chi connectivity index (χ1) is 14.5. The third kappa shape index (κ3) is 4.46. The number of fused-ring (bicyclic) bond motifs is 1. The van der Waals surface area contributed by atoms with Crippen molar-refractivity contribution in [2.75, 3.05) is 18.2 Å². The fourth-order valence-corrected chi connectivity index (χ4v) is 3.70. The first-order valence-electron chi connectivity index (χ1n) is 9.52. The SMILES string of the molecule is COc1ccc(-c2cn3nc(SCC(=O)Nc4cc(C)ccc4C)ccc3n2)cc1. The van der Waals surface area contributed by atoms with Gasteiger partial charge in [0.1, 0.15) is 10.8 Å². The van der Waals surface area contributed by atoms with Crippen molar-refractivity contribution in [2.24, 2.45) is 0 Å². The number of methoxy groups -OCH3 is 1. The second kappa shape index (κ2) is 8.59. The summed E-state index contributed by atoms with van der Waals surface area (Å²) in [5.41, 5.74) is 5.59. The second-order valence-corrected chi connectivity index (χ2v) is 7.98. The van der Waals surface area contributed by atoms with Gasteiger partial charge in [0.05, 0.1) is 24.8 Å². The Morgan fingerprint density at radius 1 is 1.10 bits per heavy atom. The van der Waals surface area contributed by atoms with Crippen LogP contribution in [0.15, 0.2) is 65.8 Å². The maximum Gasteiger partial charge on any atom is 0.234 e. The number of ether oxygens (including phenoxy) is 1. The van der Waals surface area contributed by atoms with Crippen molar-refractivity contribution in [3.8, 4) is 17.0 Å². The molecule has 0 saturated carbocycles.